The lowest BCUT2D eigenvalue weighted by Gasteiger charge is -2.22. The van der Waals surface area contributed by atoms with Crippen molar-refractivity contribution in [3.63, 3.8) is 0 Å². The Bertz CT molecular complexity index is 383. The van der Waals surface area contributed by atoms with Crippen molar-refractivity contribution in [2.24, 2.45) is 0 Å². The summed E-state index contributed by atoms with van der Waals surface area (Å²) in [6.07, 6.45) is 1.02. The van der Waals surface area contributed by atoms with Crippen LogP contribution in [0.1, 0.15) is 71.2 Å². The zero-order valence-corrected chi connectivity index (χ0v) is 12.5. The van der Waals surface area contributed by atoms with Crippen molar-refractivity contribution in [2.75, 3.05) is 13.2 Å². The largest absolute Gasteiger partial charge is 0.444 e. The lowest BCUT2D eigenvalue weighted by molar-refractivity contribution is 0.190. The van der Waals surface area contributed by atoms with Crippen molar-refractivity contribution in [3.05, 3.63) is 17.3 Å². The molecule has 1 aliphatic rings. The van der Waals surface area contributed by atoms with Crippen LogP contribution in [0.5, 0.6) is 0 Å². The van der Waals surface area contributed by atoms with E-state index < -0.39 is 0 Å². The number of ether oxygens (including phenoxy) is 1. The Balaban J connectivity index is 2.44. The highest BCUT2D eigenvalue weighted by Gasteiger charge is 2.34. The number of oxazole rings is 1. The summed E-state index contributed by atoms with van der Waals surface area (Å²) in [6.45, 7) is 14.7. The van der Waals surface area contributed by atoms with Gasteiger partial charge in [-0.1, -0.05) is 41.5 Å². The van der Waals surface area contributed by atoms with Gasteiger partial charge in [0.1, 0.15) is 5.76 Å². The first-order valence-electron chi connectivity index (χ1n) is 6.79. The van der Waals surface area contributed by atoms with Gasteiger partial charge in [-0.3, -0.25) is 0 Å². The van der Waals surface area contributed by atoms with Crippen molar-refractivity contribution in [3.8, 4) is 0 Å². The molecule has 1 atom stereocenters. The van der Waals surface area contributed by atoms with E-state index in [0.717, 1.165) is 37.0 Å². The average molecular weight is 251 g/mol. The van der Waals surface area contributed by atoms with Gasteiger partial charge in [0.25, 0.3) is 0 Å². The third-order valence-corrected chi connectivity index (χ3v) is 3.31. The maximum absolute atomic E-state index is 6.10. The van der Waals surface area contributed by atoms with Crippen molar-refractivity contribution in [1.82, 2.24) is 4.98 Å². The Hall–Kier alpha value is -0.830. The second kappa shape index (κ2) is 4.37. The zero-order chi connectivity index (χ0) is 13.6. The van der Waals surface area contributed by atoms with E-state index in [1.165, 1.54) is 0 Å². The molecule has 0 bridgehead atoms. The monoisotopic (exact) mass is 251 g/mol. The Morgan fingerprint density at radius 1 is 1.06 bits per heavy atom. The van der Waals surface area contributed by atoms with Gasteiger partial charge in [0.2, 0.25) is 0 Å². The van der Waals surface area contributed by atoms with E-state index in [0.29, 0.717) is 5.92 Å². The van der Waals surface area contributed by atoms with Crippen molar-refractivity contribution in [1.29, 1.82) is 0 Å². The van der Waals surface area contributed by atoms with Gasteiger partial charge in [0, 0.05) is 17.4 Å². The van der Waals surface area contributed by atoms with Crippen LogP contribution >= 0.6 is 0 Å². The van der Waals surface area contributed by atoms with Gasteiger partial charge in [0.15, 0.2) is 5.89 Å². The number of rotatable bonds is 1. The predicted molar refractivity (Wildman–Crippen MR) is 72.1 cm³/mol. The topological polar surface area (TPSA) is 35.3 Å². The minimum atomic E-state index is -0.00662. The maximum atomic E-state index is 6.10. The third-order valence-electron chi connectivity index (χ3n) is 3.31. The van der Waals surface area contributed by atoms with Gasteiger partial charge in [-0.05, 0) is 6.42 Å². The normalized spacial score (nSPS) is 21.6. The molecule has 1 aromatic rings. The second-order valence-electron chi connectivity index (χ2n) is 7.29. The van der Waals surface area contributed by atoms with Gasteiger partial charge >= 0.3 is 0 Å². The summed E-state index contributed by atoms with van der Waals surface area (Å²) in [7, 11) is 0. The van der Waals surface area contributed by atoms with E-state index >= 15 is 0 Å². The molecule has 3 nitrogen and oxygen atoms in total. The highest BCUT2D eigenvalue weighted by Crippen LogP contribution is 2.37. The fourth-order valence-corrected chi connectivity index (χ4v) is 2.26. The fraction of sp³-hybridized carbons (Fsp3) is 0.800. The van der Waals surface area contributed by atoms with Crippen LogP contribution in [0, 0.1) is 0 Å². The summed E-state index contributed by atoms with van der Waals surface area (Å²) < 4.78 is 11.5. The molecule has 0 saturated carbocycles. The molecule has 102 valence electrons. The zero-order valence-electron chi connectivity index (χ0n) is 12.5. The number of nitrogens with zero attached hydrogens (tertiary/aromatic N) is 1. The molecule has 1 unspecified atom stereocenters. The summed E-state index contributed by atoms with van der Waals surface area (Å²) in [4.78, 5) is 4.78. The average Bonchev–Trinajstić information content (AvgIpc) is 2.84. The van der Waals surface area contributed by atoms with Crippen LogP contribution in [0.25, 0.3) is 0 Å². The number of hydrogen-bond acceptors (Lipinski definition) is 3. The quantitative estimate of drug-likeness (QED) is 0.762. The molecular weight excluding hydrogens is 226 g/mol. The second-order valence-corrected chi connectivity index (χ2v) is 7.29. The van der Waals surface area contributed by atoms with Crippen molar-refractivity contribution in [2.45, 2.75) is 64.7 Å². The van der Waals surface area contributed by atoms with Crippen LogP contribution in [0.4, 0.5) is 0 Å². The molecule has 1 aliphatic heterocycles. The van der Waals surface area contributed by atoms with Crippen LogP contribution in [0.3, 0.4) is 0 Å². The molecule has 0 radical (unpaired) electrons. The predicted octanol–water partition coefficient (Wildman–Crippen LogP) is 3.77. The van der Waals surface area contributed by atoms with Crippen LogP contribution in [-0.4, -0.2) is 18.2 Å². The van der Waals surface area contributed by atoms with E-state index in [2.05, 4.69) is 41.5 Å². The molecule has 2 heterocycles. The summed E-state index contributed by atoms with van der Waals surface area (Å²) in [6, 6.07) is 0. The standard InChI is InChI=1S/C15H25NO2/c1-14(2,3)11-12(15(4,5)6)18-13(16-11)10-7-8-17-9-10/h10H,7-9H2,1-6H3. The third kappa shape index (κ3) is 2.61. The minimum Gasteiger partial charge on any atom is -0.444 e. The molecule has 0 amide bonds. The molecule has 1 fully saturated rings. The van der Waals surface area contributed by atoms with E-state index in [1.54, 1.807) is 0 Å². The Morgan fingerprint density at radius 3 is 2.11 bits per heavy atom. The molecule has 0 aliphatic carbocycles. The van der Waals surface area contributed by atoms with Gasteiger partial charge in [0.05, 0.1) is 18.2 Å². The van der Waals surface area contributed by atoms with Gasteiger partial charge in [-0.15, -0.1) is 0 Å². The molecule has 1 saturated heterocycles. The molecule has 0 N–H and O–H groups in total. The van der Waals surface area contributed by atoms with E-state index in [9.17, 15) is 0 Å². The van der Waals surface area contributed by atoms with Crippen LogP contribution < -0.4 is 0 Å². The Morgan fingerprint density at radius 2 is 1.72 bits per heavy atom. The number of aromatic nitrogens is 1. The first-order valence-corrected chi connectivity index (χ1v) is 6.79. The molecule has 3 heteroatoms. The van der Waals surface area contributed by atoms with Gasteiger partial charge in [-0.25, -0.2) is 4.98 Å². The number of hydrogen-bond donors (Lipinski definition) is 0. The van der Waals surface area contributed by atoms with Crippen LogP contribution in [0.2, 0.25) is 0 Å². The molecule has 0 spiro atoms. The lowest BCUT2D eigenvalue weighted by Crippen LogP contribution is -2.20. The fourth-order valence-electron chi connectivity index (χ4n) is 2.26. The molecule has 1 aromatic heterocycles. The van der Waals surface area contributed by atoms with Crippen molar-refractivity contribution < 1.29 is 9.15 Å². The highest BCUT2D eigenvalue weighted by molar-refractivity contribution is 5.25. The SMILES string of the molecule is CC(C)(C)c1nc(C2CCOC2)oc1C(C)(C)C. The molecular formula is C15H25NO2. The van der Waals surface area contributed by atoms with Crippen LogP contribution in [-0.2, 0) is 15.6 Å². The lowest BCUT2D eigenvalue weighted by atomic mass is 9.83. The van der Waals surface area contributed by atoms with E-state index in [4.69, 9.17) is 14.1 Å². The summed E-state index contributed by atoms with van der Waals surface area (Å²) in [5.41, 5.74) is 1.11. The van der Waals surface area contributed by atoms with Gasteiger partial charge in [-0.2, -0.15) is 0 Å². The van der Waals surface area contributed by atoms with E-state index in [-0.39, 0.29) is 10.8 Å². The minimum absolute atomic E-state index is 0.00662. The summed E-state index contributed by atoms with van der Waals surface area (Å²) in [5, 5.41) is 0. The first-order chi connectivity index (χ1) is 8.19. The first kappa shape index (κ1) is 13.6. The molecule has 0 aromatic carbocycles. The van der Waals surface area contributed by atoms with Crippen LogP contribution in [0.15, 0.2) is 4.42 Å². The Kier molecular flexibility index (Phi) is 3.30. The Labute approximate surface area is 110 Å². The maximum Gasteiger partial charge on any atom is 0.200 e. The van der Waals surface area contributed by atoms with Gasteiger partial charge < -0.3 is 9.15 Å². The molecule has 2 rings (SSSR count). The smallest absolute Gasteiger partial charge is 0.200 e. The summed E-state index contributed by atoms with van der Waals surface area (Å²) >= 11 is 0. The molecule has 18 heavy (non-hydrogen) atoms. The van der Waals surface area contributed by atoms with Crippen molar-refractivity contribution >= 4 is 0 Å². The van der Waals surface area contributed by atoms with E-state index in [1.807, 2.05) is 0 Å². The highest BCUT2D eigenvalue weighted by atomic mass is 16.5. The summed E-state index contributed by atoms with van der Waals surface area (Å²) in [5.74, 6) is 2.22.